The predicted octanol–water partition coefficient (Wildman–Crippen LogP) is 2.41. The molecule has 2 rings (SSSR count). The van der Waals surface area contributed by atoms with Gasteiger partial charge < -0.3 is 10.4 Å². The topological polar surface area (TPSA) is 49.3 Å². The number of aliphatic hydroxyl groups excluding tert-OH is 1. The number of carbonyl (C=O) groups is 1. The summed E-state index contributed by atoms with van der Waals surface area (Å²) >= 11 is 3.39. The minimum absolute atomic E-state index is 0.0148. The predicted molar refractivity (Wildman–Crippen MR) is 74.3 cm³/mol. The lowest BCUT2D eigenvalue weighted by Gasteiger charge is -2.28. The first-order chi connectivity index (χ1) is 8.65. The van der Waals surface area contributed by atoms with Crippen LogP contribution in [0.2, 0.25) is 0 Å². The summed E-state index contributed by atoms with van der Waals surface area (Å²) in [4.78, 5) is 11.9. The average molecular weight is 312 g/mol. The molecule has 0 radical (unpaired) electrons. The van der Waals surface area contributed by atoms with Crippen LogP contribution < -0.4 is 5.32 Å². The molecule has 0 aromatic heterocycles. The Hall–Kier alpha value is -0.870. The van der Waals surface area contributed by atoms with Gasteiger partial charge in [-0.15, -0.1) is 0 Å². The lowest BCUT2D eigenvalue weighted by atomic mass is 9.92. The molecule has 0 spiro atoms. The van der Waals surface area contributed by atoms with E-state index in [-0.39, 0.29) is 18.1 Å². The largest absolute Gasteiger partial charge is 0.391 e. The summed E-state index contributed by atoms with van der Waals surface area (Å²) in [6.45, 7) is 0. The maximum Gasteiger partial charge on any atom is 0.224 e. The highest BCUT2D eigenvalue weighted by Gasteiger charge is 2.24. The third kappa shape index (κ3) is 3.82. The molecule has 2 atom stereocenters. The van der Waals surface area contributed by atoms with Gasteiger partial charge in [-0.05, 0) is 30.5 Å². The standard InChI is InChI=1S/C14H18BrNO2/c15-11-5-3-4-10(8-11)9-14(18)16-12-6-1-2-7-13(12)17/h3-5,8,12-13,17H,1-2,6-7,9H2,(H,16,18)/t12-,13-/m1/s1. The van der Waals surface area contributed by atoms with Gasteiger partial charge >= 0.3 is 0 Å². The number of nitrogens with one attached hydrogen (secondary N) is 1. The van der Waals surface area contributed by atoms with Crippen molar-refractivity contribution in [3.63, 3.8) is 0 Å². The molecule has 1 aliphatic carbocycles. The second-order valence-electron chi connectivity index (χ2n) is 4.83. The van der Waals surface area contributed by atoms with Gasteiger partial charge in [0.15, 0.2) is 0 Å². The molecule has 2 N–H and O–H groups in total. The van der Waals surface area contributed by atoms with E-state index < -0.39 is 0 Å². The number of benzene rings is 1. The fourth-order valence-corrected chi connectivity index (χ4v) is 2.82. The number of aliphatic hydroxyl groups is 1. The molecule has 98 valence electrons. The van der Waals surface area contributed by atoms with E-state index in [1.165, 1.54) is 0 Å². The van der Waals surface area contributed by atoms with Gasteiger partial charge in [0.05, 0.1) is 18.6 Å². The lowest BCUT2D eigenvalue weighted by Crippen LogP contribution is -2.45. The summed E-state index contributed by atoms with van der Waals surface area (Å²) in [6.07, 6.45) is 3.79. The van der Waals surface area contributed by atoms with Crippen LogP contribution in [-0.2, 0) is 11.2 Å². The molecule has 0 heterocycles. The van der Waals surface area contributed by atoms with Crippen molar-refractivity contribution in [1.82, 2.24) is 5.32 Å². The molecule has 1 aromatic rings. The normalized spacial score (nSPS) is 23.7. The monoisotopic (exact) mass is 311 g/mol. The molecule has 18 heavy (non-hydrogen) atoms. The molecular formula is C14H18BrNO2. The molecule has 0 bridgehead atoms. The number of hydrogen-bond acceptors (Lipinski definition) is 2. The second kappa shape index (κ2) is 6.34. The molecule has 1 aromatic carbocycles. The maximum atomic E-state index is 11.9. The zero-order valence-corrected chi connectivity index (χ0v) is 11.8. The third-order valence-electron chi connectivity index (χ3n) is 3.33. The summed E-state index contributed by atoms with van der Waals surface area (Å²) in [5.74, 6) is -0.0148. The summed E-state index contributed by atoms with van der Waals surface area (Å²) in [5, 5.41) is 12.7. The van der Waals surface area contributed by atoms with E-state index in [0.717, 1.165) is 35.7 Å². The van der Waals surface area contributed by atoms with E-state index in [0.29, 0.717) is 6.42 Å². The van der Waals surface area contributed by atoms with E-state index in [4.69, 9.17) is 0 Å². The second-order valence-corrected chi connectivity index (χ2v) is 5.75. The average Bonchev–Trinajstić information content (AvgIpc) is 2.32. The Morgan fingerprint density at radius 1 is 1.39 bits per heavy atom. The molecule has 4 heteroatoms. The van der Waals surface area contributed by atoms with Crippen LogP contribution in [-0.4, -0.2) is 23.2 Å². The van der Waals surface area contributed by atoms with Gasteiger partial charge in [0.25, 0.3) is 0 Å². The highest BCUT2D eigenvalue weighted by molar-refractivity contribution is 9.10. The van der Waals surface area contributed by atoms with Crippen LogP contribution in [0.15, 0.2) is 28.7 Å². The molecule has 0 unspecified atom stereocenters. The summed E-state index contributed by atoms with van der Waals surface area (Å²) in [7, 11) is 0. The first kappa shape index (κ1) is 13.6. The fourth-order valence-electron chi connectivity index (χ4n) is 2.37. The molecule has 3 nitrogen and oxygen atoms in total. The van der Waals surface area contributed by atoms with E-state index in [1.807, 2.05) is 24.3 Å². The highest BCUT2D eigenvalue weighted by Crippen LogP contribution is 2.18. The molecule has 0 saturated heterocycles. The van der Waals surface area contributed by atoms with E-state index in [9.17, 15) is 9.90 Å². The van der Waals surface area contributed by atoms with Gasteiger partial charge in [0.1, 0.15) is 0 Å². The first-order valence-corrected chi connectivity index (χ1v) is 7.16. The van der Waals surface area contributed by atoms with Crippen LogP contribution in [0.5, 0.6) is 0 Å². The van der Waals surface area contributed by atoms with Crippen molar-refractivity contribution in [3.8, 4) is 0 Å². The van der Waals surface area contributed by atoms with Crippen molar-refractivity contribution in [3.05, 3.63) is 34.3 Å². The lowest BCUT2D eigenvalue weighted by molar-refractivity contribution is -0.122. The molecular weight excluding hydrogens is 294 g/mol. The molecule has 1 fully saturated rings. The molecule has 1 aliphatic rings. The van der Waals surface area contributed by atoms with Crippen molar-refractivity contribution >= 4 is 21.8 Å². The SMILES string of the molecule is O=C(Cc1cccc(Br)c1)N[C@@H]1CCCC[C@H]1O. The van der Waals surface area contributed by atoms with Gasteiger partial charge in [-0.2, -0.15) is 0 Å². The van der Waals surface area contributed by atoms with Gasteiger partial charge in [-0.3, -0.25) is 4.79 Å². The number of halogens is 1. The Kier molecular flexibility index (Phi) is 4.78. The molecule has 1 amide bonds. The zero-order valence-electron chi connectivity index (χ0n) is 10.2. The molecule has 1 saturated carbocycles. The van der Waals surface area contributed by atoms with Gasteiger partial charge in [-0.25, -0.2) is 0 Å². The Balaban J connectivity index is 1.88. The van der Waals surface area contributed by atoms with Crippen molar-refractivity contribution in [1.29, 1.82) is 0 Å². The van der Waals surface area contributed by atoms with Gasteiger partial charge in [0, 0.05) is 4.47 Å². The Morgan fingerprint density at radius 2 is 2.17 bits per heavy atom. The first-order valence-electron chi connectivity index (χ1n) is 6.37. The number of hydrogen-bond donors (Lipinski definition) is 2. The molecule has 0 aliphatic heterocycles. The summed E-state index contributed by atoms with van der Waals surface area (Å²) in [5.41, 5.74) is 0.979. The smallest absolute Gasteiger partial charge is 0.224 e. The van der Waals surface area contributed by atoms with Crippen LogP contribution in [0.4, 0.5) is 0 Å². The Bertz CT molecular complexity index is 422. The highest BCUT2D eigenvalue weighted by atomic mass is 79.9. The van der Waals surface area contributed by atoms with Crippen LogP contribution in [0.25, 0.3) is 0 Å². The number of carbonyl (C=O) groups excluding carboxylic acids is 1. The van der Waals surface area contributed by atoms with Crippen LogP contribution in [0.1, 0.15) is 31.2 Å². The van der Waals surface area contributed by atoms with Crippen molar-refractivity contribution in [2.75, 3.05) is 0 Å². The fraction of sp³-hybridized carbons (Fsp3) is 0.500. The summed E-state index contributed by atoms with van der Waals surface area (Å²) in [6, 6.07) is 7.66. The quantitative estimate of drug-likeness (QED) is 0.900. The van der Waals surface area contributed by atoms with Crippen LogP contribution in [0, 0.1) is 0 Å². The number of amides is 1. The van der Waals surface area contributed by atoms with Crippen molar-refractivity contribution in [2.24, 2.45) is 0 Å². The summed E-state index contributed by atoms with van der Waals surface area (Å²) < 4.78 is 0.977. The minimum atomic E-state index is -0.384. The van der Waals surface area contributed by atoms with Crippen LogP contribution in [0.3, 0.4) is 0 Å². The third-order valence-corrected chi connectivity index (χ3v) is 3.82. The Morgan fingerprint density at radius 3 is 2.89 bits per heavy atom. The maximum absolute atomic E-state index is 11.9. The Labute approximate surface area is 116 Å². The van der Waals surface area contributed by atoms with E-state index >= 15 is 0 Å². The zero-order chi connectivity index (χ0) is 13.0. The van der Waals surface area contributed by atoms with Gasteiger partial charge in [-0.1, -0.05) is 40.9 Å². The number of rotatable bonds is 3. The minimum Gasteiger partial charge on any atom is -0.391 e. The van der Waals surface area contributed by atoms with E-state index in [1.54, 1.807) is 0 Å². The van der Waals surface area contributed by atoms with Crippen LogP contribution >= 0.6 is 15.9 Å². The van der Waals surface area contributed by atoms with Crippen molar-refractivity contribution < 1.29 is 9.90 Å². The van der Waals surface area contributed by atoms with Crippen molar-refractivity contribution in [2.45, 2.75) is 44.2 Å². The van der Waals surface area contributed by atoms with E-state index in [2.05, 4.69) is 21.2 Å². The van der Waals surface area contributed by atoms with Gasteiger partial charge in [0.2, 0.25) is 5.91 Å².